The molecule has 1 aliphatic heterocycles. The first kappa shape index (κ1) is 24.1. The number of piperazine rings is 1. The van der Waals surface area contributed by atoms with E-state index in [1.807, 2.05) is 29.2 Å². The Morgan fingerprint density at radius 3 is 2.28 bits per heavy atom. The summed E-state index contributed by atoms with van der Waals surface area (Å²) in [6.45, 7) is 7.08. The van der Waals surface area contributed by atoms with E-state index in [4.69, 9.17) is 4.74 Å². The van der Waals surface area contributed by atoms with Crippen molar-refractivity contribution in [2.45, 2.75) is 19.6 Å². The number of rotatable bonds is 9. The lowest BCUT2D eigenvalue weighted by Crippen LogP contribution is -2.43. The van der Waals surface area contributed by atoms with Gasteiger partial charge >= 0.3 is 0 Å². The minimum absolute atomic E-state index is 0.793. The molecule has 4 aromatic rings. The van der Waals surface area contributed by atoms with Crippen LogP contribution in [0.3, 0.4) is 0 Å². The lowest BCUT2D eigenvalue weighted by Gasteiger charge is -2.32. The second-order valence-electron chi connectivity index (χ2n) is 9.58. The van der Waals surface area contributed by atoms with Crippen molar-refractivity contribution in [2.24, 2.45) is 0 Å². The third-order valence-electron chi connectivity index (χ3n) is 6.84. The van der Waals surface area contributed by atoms with Crippen molar-refractivity contribution in [2.75, 3.05) is 45.2 Å². The van der Waals surface area contributed by atoms with E-state index in [9.17, 15) is 0 Å². The maximum atomic E-state index is 5.49. The predicted molar refractivity (Wildman–Crippen MR) is 146 cm³/mol. The van der Waals surface area contributed by atoms with Gasteiger partial charge in [-0.2, -0.15) is 5.10 Å². The average molecular weight is 482 g/mol. The minimum Gasteiger partial charge on any atom is -0.497 e. The first-order valence-electron chi connectivity index (χ1n) is 12.6. The van der Waals surface area contributed by atoms with Crippen LogP contribution in [0.4, 0.5) is 5.69 Å². The Kier molecular flexibility index (Phi) is 7.64. The third kappa shape index (κ3) is 6.14. The minimum atomic E-state index is 0.793. The van der Waals surface area contributed by atoms with Crippen LogP contribution in [0, 0.1) is 0 Å². The van der Waals surface area contributed by atoms with Crippen molar-refractivity contribution >= 4 is 5.69 Å². The normalized spacial score (nSPS) is 14.6. The highest BCUT2D eigenvalue weighted by Gasteiger charge is 2.15. The molecule has 0 amide bonds. The number of nitrogens with zero attached hydrogens (tertiary/aromatic N) is 5. The van der Waals surface area contributed by atoms with Gasteiger partial charge in [0.05, 0.1) is 12.8 Å². The van der Waals surface area contributed by atoms with Crippen molar-refractivity contribution in [3.63, 3.8) is 0 Å². The Balaban J connectivity index is 1.41. The summed E-state index contributed by atoms with van der Waals surface area (Å²) in [7, 11) is 3.93. The molecule has 0 bridgehead atoms. The molecule has 0 aliphatic carbocycles. The van der Waals surface area contributed by atoms with Gasteiger partial charge in [-0.05, 0) is 66.2 Å². The summed E-state index contributed by atoms with van der Waals surface area (Å²) < 4.78 is 7.40. The number of ether oxygens (including phenoxy) is 1. The molecule has 0 atom stereocenters. The number of methoxy groups -OCH3 is 1. The molecule has 1 aliphatic rings. The Bertz CT molecular complexity index is 1250. The Morgan fingerprint density at radius 1 is 0.806 bits per heavy atom. The van der Waals surface area contributed by atoms with Crippen LogP contribution in [0.2, 0.25) is 0 Å². The van der Waals surface area contributed by atoms with Crippen LogP contribution in [0.1, 0.15) is 16.7 Å². The van der Waals surface area contributed by atoms with E-state index in [1.165, 1.54) is 22.4 Å². The van der Waals surface area contributed by atoms with E-state index in [-0.39, 0.29) is 0 Å². The predicted octanol–water partition coefficient (Wildman–Crippen LogP) is 4.84. The van der Waals surface area contributed by atoms with Gasteiger partial charge in [-0.3, -0.25) is 4.90 Å². The van der Waals surface area contributed by atoms with Crippen LogP contribution >= 0.6 is 0 Å². The monoisotopic (exact) mass is 481 g/mol. The topological polar surface area (TPSA) is 36.8 Å². The lowest BCUT2D eigenvalue weighted by atomic mass is 10.1. The average Bonchev–Trinajstić information content (AvgIpc) is 3.46. The quantitative estimate of drug-likeness (QED) is 0.342. The van der Waals surface area contributed by atoms with Gasteiger partial charge in [0.2, 0.25) is 0 Å². The van der Waals surface area contributed by atoms with E-state index in [0.29, 0.717) is 0 Å². The lowest BCUT2D eigenvalue weighted by molar-refractivity contribution is 0.148. The fourth-order valence-electron chi connectivity index (χ4n) is 4.78. The molecule has 0 spiro atoms. The largest absolute Gasteiger partial charge is 0.497 e. The number of hydrogen-bond acceptors (Lipinski definition) is 5. The third-order valence-corrected chi connectivity index (χ3v) is 6.84. The molecular weight excluding hydrogens is 446 g/mol. The maximum absolute atomic E-state index is 5.49. The molecule has 0 saturated carbocycles. The molecule has 0 N–H and O–H groups in total. The van der Waals surface area contributed by atoms with Gasteiger partial charge in [0.1, 0.15) is 5.75 Å². The van der Waals surface area contributed by atoms with Gasteiger partial charge in [0, 0.05) is 63.9 Å². The number of anilines is 1. The zero-order valence-corrected chi connectivity index (χ0v) is 21.3. The van der Waals surface area contributed by atoms with Crippen LogP contribution in [0.25, 0.3) is 5.69 Å². The molecule has 6 nitrogen and oxygen atoms in total. The van der Waals surface area contributed by atoms with Crippen LogP contribution in [-0.4, -0.2) is 59.9 Å². The first-order valence-corrected chi connectivity index (χ1v) is 12.6. The van der Waals surface area contributed by atoms with E-state index >= 15 is 0 Å². The number of likely N-dealkylation sites (N-methyl/N-ethyl adjacent to an activating group) is 1. The SMILES string of the molecule is COc1cccc(CN(Cc2cccc(-n3cccn3)c2)c2cccc(CN3CCN(C)CC3)c2)c1. The fourth-order valence-corrected chi connectivity index (χ4v) is 4.78. The molecule has 36 heavy (non-hydrogen) atoms. The number of benzene rings is 3. The van der Waals surface area contributed by atoms with E-state index in [0.717, 1.165) is 57.3 Å². The Morgan fingerprint density at radius 2 is 1.53 bits per heavy atom. The highest BCUT2D eigenvalue weighted by atomic mass is 16.5. The van der Waals surface area contributed by atoms with Crippen molar-refractivity contribution in [3.05, 3.63) is 108 Å². The number of hydrogen-bond donors (Lipinski definition) is 0. The van der Waals surface area contributed by atoms with Crippen LogP contribution in [0.15, 0.2) is 91.3 Å². The second kappa shape index (κ2) is 11.4. The molecule has 0 unspecified atom stereocenters. The Labute approximate surface area is 214 Å². The van der Waals surface area contributed by atoms with Gasteiger partial charge in [-0.1, -0.05) is 36.4 Å². The molecule has 2 heterocycles. The smallest absolute Gasteiger partial charge is 0.119 e. The van der Waals surface area contributed by atoms with Crippen molar-refractivity contribution in [1.82, 2.24) is 19.6 Å². The van der Waals surface area contributed by atoms with Crippen molar-refractivity contribution in [1.29, 1.82) is 0 Å². The zero-order chi connectivity index (χ0) is 24.7. The fraction of sp³-hybridized carbons (Fsp3) is 0.300. The molecule has 6 heteroatoms. The zero-order valence-electron chi connectivity index (χ0n) is 21.3. The van der Waals surface area contributed by atoms with E-state index in [1.54, 1.807) is 7.11 Å². The first-order chi connectivity index (χ1) is 17.7. The summed E-state index contributed by atoms with van der Waals surface area (Å²) in [5.41, 5.74) is 6.13. The second-order valence-corrected chi connectivity index (χ2v) is 9.58. The van der Waals surface area contributed by atoms with Gasteiger partial charge in [0.25, 0.3) is 0 Å². The summed E-state index contributed by atoms with van der Waals surface area (Å²) in [5.74, 6) is 0.886. The van der Waals surface area contributed by atoms with Crippen LogP contribution in [0.5, 0.6) is 5.75 Å². The summed E-state index contributed by atoms with van der Waals surface area (Å²) in [6.07, 6.45) is 3.79. The summed E-state index contributed by atoms with van der Waals surface area (Å²) in [6, 6.07) is 28.0. The molecule has 1 saturated heterocycles. The molecule has 186 valence electrons. The molecule has 1 aromatic heterocycles. The molecule has 0 radical (unpaired) electrons. The van der Waals surface area contributed by atoms with Gasteiger partial charge in [-0.15, -0.1) is 0 Å². The van der Waals surface area contributed by atoms with Gasteiger partial charge in [-0.25, -0.2) is 4.68 Å². The van der Waals surface area contributed by atoms with E-state index < -0.39 is 0 Å². The summed E-state index contributed by atoms with van der Waals surface area (Å²) in [5, 5.41) is 4.40. The highest BCUT2D eigenvalue weighted by Crippen LogP contribution is 2.25. The van der Waals surface area contributed by atoms with Crippen molar-refractivity contribution in [3.8, 4) is 11.4 Å². The molecule has 3 aromatic carbocycles. The molecule has 5 rings (SSSR count). The highest BCUT2D eigenvalue weighted by molar-refractivity contribution is 5.51. The van der Waals surface area contributed by atoms with Gasteiger partial charge < -0.3 is 14.5 Å². The maximum Gasteiger partial charge on any atom is 0.119 e. The van der Waals surface area contributed by atoms with E-state index in [2.05, 4.69) is 93.6 Å². The number of aromatic nitrogens is 2. The standard InChI is InChI=1S/C30H35N5O/c1-32-15-17-33(18-16-32)22-25-7-3-10-28(19-25)34(24-27-9-5-12-30(21-27)36-2)23-26-8-4-11-29(20-26)35-14-6-13-31-35/h3-14,19-21H,15-18,22-24H2,1-2H3. The summed E-state index contributed by atoms with van der Waals surface area (Å²) in [4.78, 5) is 7.41. The van der Waals surface area contributed by atoms with Crippen LogP contribution < -0.4 is 9.64 Å². The molecular formula is C30H35N5O. The van der Waals surface area contributed by atoms with Crippen LogP contribution in [-0.2, 0) is 19.6 Å². The van der Waals surface area contributed by atoms with Gasteiger partial charge in [0.15, 0.2) is 0 Å². The van der Waals surface area contributed by atoms with Crippen molar-refractivity contribution < 1.29 is 4.74 Å². The molecule has 1 fully saturated rings. The Hall–Kier alpha value is -3.61. The summed E-state index contributed by atoms with van der Waals surface area (Å²) >= 11 is 0.